The molecule has 1 rings (SSSR count). The van der Waals surface area contributed by atoms with Crippen LogP contribution in [0.15, 0.2) is 12.4 Å². The van der Waals surface area contributed by atoms with Gasteiger partial charge >= 0.3 is 0 Å². The highest BCUT2D eigenvalue weighted by Crippen LogP contribution is 1.99. The van der Waals surface area contributed by atoms with Crippen LogP contribution in [-0.4, -0.2) is 21.7 Å². The molecule has 1 aromatic heterocycles. The summed E-state index contributed by atoms with van der Waals surface area (Å²) in [4.78, 5) is 0. The Morgan fingerprint density at radius 2 is 2.46 bits per heavy atom. The summed E-state index contributed by atoms with van der Waals surface area (Å²) in [6.07, 6.45) is 4.94. The molecule has 1 aromatic rings. The zero-order chi connectivity index (χ0) is 9.68. The minimum absolute atomic E-state index is 0.405. The highest BCUT2D eigenvalue weighted by atomic mass is 35.5. The first-order valence-corrected chi connectivity index (χ1v) is 5.06. The fraction of sp³-hybridized carbons (Fsp3) is 0.667. The van der Waals surface area contributed by atoms with Gasteiger partial charge in [0.1, 0.15) is 0 Å². The zero-order valence-corrected chi connectivity index (χ0v) is 8.88. The second kappa shape index (κ2) is 5.25. The monoisotopic (exact) mass is 201 g/mol. The third kappa shape index (κ3) is 3.36. The van der Waals surface area contributed by atoms with Crippen LogP contribution < -0.4 is 5.32 Å². The Kier molecular flexibility index (Phi) is 4.25. The first-order valence-electron chi connectivity index (χ1n) is 4.53. The van der Waals surface area contributed by atoms with E-state index in [4.69, 9.17) is 11.6 Å². The number of aromatic nitrogens is 2. The molecule has 74 valence electrons. The molecule has 0 aliphatic carbocycles. The summed E-state index contributed by atoms with van der Waals surface area (Å²) in [5, 5.41) is 7.45. The SMILES string of the molecule is CCC(CCl)NCc1cnn(C)c1. The summed E-state index contributed by atoms with van der Waals surface area (Å²) in [6, 6.07) is 0.405. The number of rotatable bonds is 5. The molecule has 0 aliphatic heterocycles. The quantitative estimate of drug-likeness (QED) is 0.733. The van der Waals surface area contributed by atoms with Crippen LogP contribution in [0.3, 0.4) is 0 Å². The van der Waals surface area contributed by atoms with E-state index in [0.29, 0.717) is 11.9 Å². The molecule has 1 atom stereocenters. The van der Waals surface area contributed by atoms with Gasteiger partial charge in [-0.05, 0) is 6.42 Å². The second-order valence-corrected chi connectivity index (χ2v) is 3.47. The molecule has 1 N–H and O–H groups in total. The summed E-state index contributed by atoms with van der Waals surface area (Å²) in [5.41, 5.74) is 1.20. The van der Waals surface area contributed by atoms with Crippen molar-refractivity contribution < 1.29 is 0 Å². The molecule has 4 heteroatoms. The molecular formula is C9H16ClN3. The van der Waals surface area contributed by atoms with Gasteiger partial charge in [0.05, 0.1) is 6.20 Å². The van der Waals surface area contributed by atoms with Gasteiger partial charge in [-0.1, -0.05) is 6.92 Å². The maximum absolute atomic E-state index is 5.76. The van der Waals surface area contributed by atoms with E-state index in [9.17, 15) is 0 Å². The van der Waals surface area contributed by atoms with Crippen LogP contribution in [0.25, 0.3) is 0 Å². The fourth-order valence-electron chi connectivity index (χ4n) is 1.13. The van der Waals surface area contributed by atoms with Gasteiger partial charge in [-0.2, -0.15) is 5.10 Å². The smallest absolute Gasteiger partial charge is 0.0534 e. The van der Waals surface area contributed by atoms with E-state index in [0.717, 1.165) is 13.0 Å². The van der Waals surface area contributed by atoms with Crippen LogP contribution in [0, 0.1) is 0 Å². The van der Waals surface area contributed by atoms with Crippen molar-refractivity contribution in [3.63, 3.8) is 0 Å². The molecule has 0 radical (unpaired) electrons. The average molecular weight is 202 g/mol. The fourth-order valence-corrected chi connectivity index (χ4v) is 1.46. The van der Waals surface area contributed by atoms with Gasteiger partial charge in [0.25, 0.3) is 0 Å². The number of alkyl halides is 1. The molecule has 0 saturated heterocycles. The second-order valence-electron chi connectivity index (χ2n) is 3.16. The zero-order valence-electron chi connectivity index (χ0n) is 8.13. The minimum Gasteiger partial charge on any atom is -0.309 e. The van der Waals surface area contributed by atoms with Crippen molar-refractivity contribution in [1.82, 2.24) is 15.1 Å². The van der Waals surface area contributed by atoms with Gasteiger partial charge < -0.3 is 5.32 Å². The summed E-state index contributed by atoms with van der Waals surface area (Å²) < 4.78 is 1.80. The lowest BCUT2D eigenvalue weighted by Gasteiger charge is -2.12. The molecule has 0 fully saturated rings. The summed E-state index contributed by atoms with van der Waals surface area (Å²) in [7, 11) is 1.92. The molecule has 0 aliphatic rings. The topological polar surface area (TPSA) is 29.9 Å². The molecule has 13 heavy (non-hydrogen) atoms. The molecule has 0 aromatic carbocycles. The Morgan fingerprint density at radius 1 is 1.69 bits per heavy atom. The lowest BCUT2D eigenvalue weighted by atomic mass is 10.2. The van der Waals surface area contributed by atoms with Crippen LogP contribution >= 0.6 is 11.6 Å². The number of hydrogen-bond acceptors (Lipinski definition) is 2. The largest absolute Gasteiger partial charge is 0.309 e. The van der Waals surface area contributed by atoms with Crippen molar-refractivity contribution in [2.24, 2.45) is 7.05 Å². The predicted octanol–water partition coefficient (Wildman–Crippen LogP) is 1.53. The molecular weight excluding hydrogens is 186 g/mol. The van der Waals surface area contributed by atoms with E-state index in [1.54, 1.807) is 4.68 Å². The predicted molar refractivity (Wildman–Crippen MR) is 54.8 cm³/mol. The molecule has 0 bridgehead atoms. The van der Waals surface area contributed by atoms with Crippen LogP contribution in [0.5, 0.6) is 0 Å². The van der Waals surface area contributed by atoms with Crippen LogP contribution in [0.4, 0.5) is 0 Å². The normalized spacial score (nSPS) is 13.2. The Labute approximate surface area is 84.1 Å². The minimum atomic E-state index is 0.405. The molecule has 0 saturated carbocycles. The van der Waals surface area contributed by atoms with E-state index in [1.807, 2.05) is 19.4 Å². The van der Waals surface area contributed by atoms with E-state index < -0.39 is 0 Å². The maximum atomic E-state index is 5.76. The van der Waals surface area contributed by atoms with Crippen molar-refractivity contribution in [3.8, 4) is 0 Å². The molecule has 1 unspecified atom stereocenters. The number of nitrogens with zero attached hydrogens (tertiary/aromatic N) is 2. The number of aryl methyl sites for hydroxylation is 1. The maximum Gasteiger partial charge on any atom is 0.0534 e. The van der Waals surface area contributed by atoms with Crippen LogP contribution in [-0.2, 0) is 13.6 Å². The van der Waals surface area contributed by atoms with Gasteiger partial charge in [-0.25, -0.2) is 0 Å². The van der Waals surface area contributed by atoms with Gasteiger partial charge in [0, 0.05) is 37.3 Å². The molecule has 0 spiro atoms. The lowest BCUT2D eigenvalue weighted by Crippen LogP contribution is -2.29. The Balaban J connectivity index is 2.33. The van der Waals surface area contributed by atoms with Crippen LogP contribution in [0.1, 0.15) is 18.9 Å². The van der Waals surface area contributed by atoms with E-state index in [-0.39, 0.29) is 0 Å². The third-order valence-electron chi connectivity index (χ3n) is 2.03. The first-order chi connectivity index (χ1) is 6.26. The van der Waals surface area contributed by atoms with E-state index in [2.05, 4.69) is 17.3 Å². The summed E-state index contributed by atoms with van der Waals surface area (Å²) in [5.74, 6) is 0.663. The Bertz CT molecular complexity index is 243. The van der Waals surface area contributed by atoms with Crippen molar-refractivity contribution in [1.29, 1.82) is 0 Å². The third-order valence-corrected chi connectivity index (χ3v) is 2.40. The molecule has 1 heterocycles. The number of nitrogens with one attached hydrogen (secondary N) is 1. The Morgan fingerprint density at radius 3 is 2.92 bits per heavy atom. The van der Waals surface area contributed by atoms with Crippen LogP contribution in [0.2, 0.25) is 0 Å². The average Bonchev–Trinajstić information content (AvgIpc) is 2.53. The Hall–Kier alpha value is -0.540. The summed E-state index contributed by atoms with van der Waals surface area (Å²) in [6.45, 7) is 2.97. The number of halogens is 1. The summed E-state index contributed by atoms with van der Waals surface area (Å²) >= 11 is 5.76. The van der Waals surface area contributed by atoms with Gasteiger partial charge in [-0.15, -0.1) is 11.6 Å². The van der Waals surface area contributed by atoms with Gasteiger partial charge in [0.2, 0.25) is 0 Å². The van der Waals surface area contributed by atoms with E-state index >= 15 is 0 Å². The van der Waals surface area contributed by atoms with Crippen molar-refractivity contribution in [2.75, 3.05) is 5.88 Å². The highest BCUT2D eigenvalue weighted by molar-refractivity contribution is 6.18. The lowest BCUT2D eigenvalue weighted by molar-refractivity contribution is 0.538. The van der Waals surface area contributed by atoms with E-state index in [1.165, 1.54) is 5.56 Å². The number of hydrogen-bond donors (Lipinski definition) is 1. The van der Waals surface area contributed by atoms with Crippen molar-refractivity contribution in [2.45, 2.75) is 25.9 Å². The van der Waals surface area contributed by atoms with Crippen molar-refractivity contribution >= 4 is 11.6 Å². The van der Waals surface area contributed by atoms with Gasteiger partial charge in [-0.3, -0.25) is 4.68 Å². The molecule has 3 nitrogen and oxygen atoms in total. The van der Waals surface area contributed by atoms with Crippen molar-refractivity contribution in [3.05, 3.63) is 18.0 Å². The first kappa shape index (κ1) is 10.5. The standard InChI is InChI=1S/C9H16ClN3/c1-3-9(4-10)11-5-8-6-12-13(2)7-8/h6-7,9,11H,3-5H2,1-2H3. The van der Waals surface area contributed by atoms with Gasteiger partial charge in [0.15, 0.2) is 0 Å². The molecule has 0 amide bonds. The highest BCUT2D eigenvalue weighted by Gasteiger charge is 2.03.